The quantitative estimate of drug-likeness (QED) is 0.475. The molecule has 1 aromatic carbocycles. The van der Waals surface area contributed by atoms with Crippen LogP contribution in [0.3, 0.4) is 0 Å². The van der Waals surface area contributed by atoms with Gasteiger partial charge < -0.3 is 9.72 Å². The molecule has 3 heterocycles. The maximum absolute atomic E-state index is 12.8. The molecule has 0 saturated carbocycles. The van der Waals surface area contributed by atoms with Crippen LogP contribution >= 0.6 is 22.7 Å². The van der Waals surface area contributed by atoms with E-state index in [0.717, 1.165) is 27.6 Å². The normalized spacial score (nSPS) is 12.5. The van der Waals surface area contributed by atoms with Crippen molar-refractivity contribution in [3.63, 3.8) is 0 Å². The monoisotopic (exact) mass is 411 g/mol. The molecule has 0 saturated heterocycles. The zero-order chi connectivity index (χ0) is 19.5. The highest BCUT2D eigenvalue weighted by atomic mass is 32.1. The summed E-state index contributed by atoms with van der Waals surface area (Å²) in [6.07, 6.45) is 0. The Balaban J connectivity index is 1.49. The number of hydrogen-bond acceptors (Lipinski definition) is 6. The molecule has 144 valence electrons. The van der Waals surface area contributed by atoms with Gasteiger partial charge in [-0.15, -0.1) is 22.7 Å². The smallest absolute Gasteiger partial charge is 0.260 e. The van der Waals surface area contributed by atoms with Crippen LogP contribution in [0.1, 0.15) is 18.8 Å². The molecule has 0 aliphatic carbocycles. The van der Waals surface area contributed by atoms with Gasteiger partial charge in [-0.3, -0.25) is 9.69 Å². The molecule has 3 aromatic heterocycles. The van der Waals surface area contributed by atoms with E-state index < -0.39 is 0 Å². The van der Waals surface area contributed by atoms with Crippen molar-refractivity contribution in [3.05, 3.63) is 69.4 Å². The number of hydrogen-bond donors (Lipinski definition) is 1. The van der Waals surface area contributed by atoms with Crippen molar-refractivity contribution < 1.29 is 4.74 Å². The van der Waals surface area contributed by atoms with Gasteiger partial charge in [0.15, 0.2) is 0 Å². The zero-order valence-corrected chi connectivity index (χ0v) is 17.3. The zero-order valence-electron chi connectivity index (χ0n) is 15.7. The summed E-state index contributed by atoms with van der Waals surface area (Å²) in [4.78, 5) is 24.5. The van der Waals surface area contributed by atoms with Gasteiger partial charge in [-0.25, -0.2) is 4.98 Å². The van der Waals surface area contributed by atoms with Gasteiger partial charge in [-0.1, -0.05) is 24.3 Å². The first-order chi connectivity index (χ1) is 13.6. The predicted octanol–water partition coefficient (Wildman–Crippen LogP) is 4.78. The summed E-state index contributed by atoms with van der Waals surface area (Å²) in [5.74, 6) is 1.54. The summed E-state index contributed by atoms with van der Waals surface area (Å²) in [7, 11) is 2.01. The van der Waals surface area contributed by atoms with Crippen LogP contribution in [0, 0.1) is 0 Å². The third-order valence-corrected chi connectivity index (χ3v) is 6.54. The summed E-state index contributed by atoms with van der Waals surface area (Å²) >= 11 is 3.15. The highest BCUT2D eigenvalue weighted by Gasteiger charge is 2.18. The Kier molecular flexibility index (Phi) is 5.57. The van der Waals surface area contributed by atoms with E-state index in [1.807, 2.05) is 67.2 Å². The topological polar surface area (TPSA) is 58.2 Å². The van der Waals surface area contributed by atoms with Crippen molar-refractivity contribution in [1.82, 2.24) is 14.9 Å². The molecule has 0 bridgehead atoms. The highest BCUT2D eigenvalue weighted by molar-refractivity contribution is 7.18. The number of H-pyrrole nitrogens is 1. The number of nitrogens with zero attached hydrogens (tertiary/aromatic N) is 2. The molecular weight excluding hydrogens is 390 g/mol. The fraction of sp³-hybridized carbons (Fsp3) is 0.238. The van der Waals surface area contributed by atoms with Crippen molar-refractivity contribution in [2.75, 3.05) is 20.2 Å². The Hall–Kier alpha value is -2.48. The molecule has 0 unspecified atom stereocenters. The molecule has 4 rings (SSSR count). The molecule has 28 heavy (non-hydrogen) atoms. The Labute approximate surface area is 171 Å². The van der Waals surface area contributed by atoms with Crippen molar-refractivity contribution in [2.24, 2.45) is 0 Å². The van der Waals surface area contributed by atoms with Crippen molar-refractivity contribution in [1.29, 1.82) is 0 Å². The van der Waals surface area contributed by atoms with Gasteiger partial charge in [0.2, 0.25) is 0 Å². The van der Waals surface area contributed by atoms with E-state index in [1.54, 1.807) is 11.3 Å². The molecule has 0 fully saturated rings. The Morgan fingerprint density at radius 2 is 2.00 bits per heavy atom. The number of rotatable bonds is 7. The van der Waals surface area contributed by atoms with Gasteiger partial charge in [0, 0.05) is 22.4 Å². The first-order valence-electron chi connectivity index (χ1n) is 9.07. The molecule has 5 nitrogen and oxygen atoms in total. The number of fused-ring (bicyclic) bond motifs is 1. The lowest BCUT2D eigenvalue weighted by Crippen LogP contribution is -2.29. The average Bonchev–Trinajstić information content (AvgIpc) is 3.37. The molecule has 4 aromatic rings. The van der Waals surface area contributed by atoms with Crippen molar-refractivity contribution in [2.45, 2.75) is 13.0 Å². The maximum atomic E-state index is 12.8. The Morgan fingerprint density at radius 3 is 2.75 bits per heavy atom. The second-order valence-electron chi connectivity index (χ2n) is 6.58. The van der Waals surface area contributed by atoms with E-state index in [9.17, 15) is 4.79 Å². The summed E-state index contributed by atoms with van der Waals surface area (Å²) < 4.78 is 5.77. The molecule has 1 atom stereocenters. The van der Waals surface area contributed by atoms with Crippen molar-refractivity contribution in [3.8, 4) is 16.2 Å². The molecule has 7 heteroatoms. The van der Waals surface area contributed by atoms with Gasteiger partial charge in [0.25, 0.3) is 5.56 Å². The van der Waals surface area contributed by atoms with Gasteiger partial charge in [-0.2, -0.15) is 0 Å². The van der Waals surface area contributed by atoms with E-state index in [-0.39, 0.29) is 11.6 Å². The van der Waals surface area contributed by atoms with Crippen LogP contribution in [0.25, 0.3) is 20.7 Å². The first-order valence-corrected chi connectivity index (χ1v) is 10.8. The maximum Gasteiger partial charge on any atom is 0.260 e. The van der Waals surface area contributed by atoms with Crippen LogP contribution in [0.15, 0.2) is 58.0 Å². The third-order valence-electron chi connectivity index (χ3n) is 4.76. The first kappa shape index (κ1) is 18.9. The van der Waals surface area contributed by atoms with E-state index in [1.165, 1.54) is 11.3 Å². The Morgan fingerprint density at radius 1 is 1.18 bits per heavy atom. The lowest BCUT2D eigenvalue weighted by molar-refractivity contribution is 0.196. The number of para-hydroxylation sites is 1. The van der Waals surface area contributed by atoms with E-state index >= 15 is 0 Å². The van der Waals surface area contributed by atoms with Crippen molar-refractivity contribution >= 4 is 32.9 Å². The highest BCUT2D eigenvalue weighted by Crippen LogP contribution is 2.33. The van der Waals surface area contributed by atoms with Crippen LogP contribution in [0.2, 0.25) is 0 Å². The van der Waals surface area contributed by atoms with Gasteiger partial charge in [-0.05, 0) is 37.6 Å². The average molecular weight is 412 g/mol. The molecule has 0 aliphatic heterocycles. The third kappa shape index (κ3) is 3.87. The van der Waals surface area contributed by atoms with Crippen LogP contribution in [-0.4, -0.2) is 35.1 Å². The predicted molar refractivity (Wildman–Crippen MR) is 117 cm³/mol. The van der Waals surface area contributed by atoms with Gasteiger partial charge >= 0.3 is 0 Å². The summed E-state index contributed by atoms with van der Waals surface area (Å²) in [6.45, 7) is 3.34. The van der Waals surface area contributed by atoms with Crippen LogP contribution in [0.5, 0.6) is 5.75 Å². The number of aromatic amines is 1. The summed E-state index contributed by atoms with van der Waals surface area (Å²) in [5.41, 5.74) is 0.887. The number of thiophene rings is 2. The molecule has 0 amide bonds. The lowest BCUT2D eigenvalue weighted by atomic mass is 10.2. The fourth-order valence-corrected chi connectivity index (χ4v) is 4.77. The van der Waals surface area contributed by atoms with E-state index in [0.29, 0.717) is 17.8 Å². The fourth-order valence-electron chi connectivity index (χ4n) is 3.00. The number of ether oxygens (including phenoxy) is 1. The molecule has 0 spiro atoms. The molecular formula is C21H21N3O2S2. The minimum absolute atomic E-state index is 0.0243. The minimum atomic E-state index is -0.0783. The summed E-state index contributed by atoms with van der Waals surface area (Å²) in [6, 6.07) is 13.8. The van der Waals surface area contributed by atoms with E-state index in [2.05, 4.69) is 9.88 Å². The molecule has 1 N–H and O–H groups in total. The van der Waals surface area contributed by atoms with Gasteiger partial charge in [0.1, 0.15) is 23.0 Å². The summed E-state index contributed by atoms with van der Waals surface area (Å²) in [5, 5.41) is 4.71. The van der Waals surface area contributed by atoms with Crippen LogP contribution in [-0.2, 0) is 0 Å². The number of likely N-dealkylation sites (N-methyl/N-ethyl adjacent to an activating group) is 1. The van der Waals surface area contributed by atoms with E-state index in [4.69, 9.17) is 9.72 Å². The Bertz CT molecular complexity index is 1100. The number of benzene rings is 1. The largest absolute Gasteiger partial charge is 0.492 e. The van der Waals surface area contributed by atoms with Gasteiger partial charge in [0.05, 0.1) is 11.4 Å². The standard InChI is InChI=1S/C21H21N3O2S2/c1-14(24(2)10-11-26-15-7-4-3-5-8-15)19-22-20(25)18-16(13-28-21(18)23-19)17-9-6-12-27-17/h3-9,12-14H,10-11H2,1-2H3,(H,22,23,25)/t14-/m0/s1. The second-order valence-corrected chi connectivity index (χ2v) is 8.38. The number of aromatic nitrogens is 2. The number of nitrogens with one attached hydrogen (secondary N) is 1. The lowest BCUT2D eigenvalue weighted by Gasteiger charge is -2.23. The molecule has 0 radical (unpaired) electrons. The van der Waals surface area contributed by atoms with Crippen LogP contribution in [0.4, 0.5) is 0 Å². The molecule has 0 aliphatic rings. The minimum Gasteiger partial charge on any atom is -0.492 e. The van der Waals surface area contributed by atoms with Crippen LogP contribution < -0.4 is 10.3 Å². The second kappa shape index (κ2) is 8.26. The SMILES string of the molecule is C[C@@H](c1nc2scc(-c3cccs3)c2c(=O)[nH]1)N(C)CCOc1ccccc1.